The van der Waals surface area contributed by atoms with Crippen LogP contribution in [0.1, 0.15) is 10.4 Å². The van der Waals surface area contributed by atoms with Gasteiger partial charge in [-0.05, 0) is 38.4 Å². The Morgan fingerprint density at radius 3 is 2.71 bits per heavy atom. The summed E-state index contributed by atoms with van der Waals surface area (Å²) in [7, 11) is 3.92. The molecule has 0 bridgehead atoms. The van der Waals surface area contributed by atoms with E-state index in [9.17, 15) is 4.79 Å². The van der Waals surface area contributed by atoms with Crippen LogP contribution in [0.5, 0.6) is 0 Å². The number of fused-ring (bicyclic) bond motifs is 2. The molecule has 5 N–H and O–H groups in total. The van der Waals surface area contributed by atoms with Gasteiger partial charge >= 0.3 is 0 Å². The Hall–Kier alpha value is -2.86. The molecule has 6 nitrogen and oxygen atoms in total. The van der Waals surface area contributed by atoms with Crippen LogP contribution in [0.25, 0.3) is 21.8 Å². The molecular formula is C18H21N5O. The Bertz CT molecular complexity index is 920. The molecule has 0 saturated carbocycles. The normalized spacial score (nSPS) is 11.3. The highest BCUT2D eigenvalue weighted by Crippen LogP contribution is 2.31. The predicted molar refractivity (Wildman–Crippen MR) is 99.0 cm³/mol. The number of nitrogens with one attached hydrogen (secondary N) is 1. The van der Waals surface area contributed by atoms with Crippen molar-refractivity contribution >= 4 is 39.1 Å². The van der Waals surface area contributed by atoms with Gasteiger partial charge in [0, 0.05) is 29.5 Å². The fraction of sp³-hybridized carbons (Fsp3) is 0.222. The van der Waals surface area contributed by atoms with Crippen LogP contribution in [0.2, 0.25) is 0 Å². The number of carbonyl (C=O) groups excluding carboxylic acids is 1. The van der Waals surface area contributed by atoms with Gasteiger partial charge < -0.3 is 21.7 Å². The van der Waals surface area contributed by atoms with E-state index in [-0.39, 0.29) is 5.91 Å². The lowest BCUT2D eigenvalue weighted by molar-refractivity contribution is 0.0952. The van der Waals surface area contributed by atoms with Crippen LogP contribution in [-0.2, 0) is 0 Å². The molecule has 6 heteroatoms. The van der Waals surface area contributed by atoms with Crippen LogP contribution in [0.15, 0.2) is 36.4 Å². The number of likely N-dealkylation sites (N-methyl/N-ethyl adjacent to an activating group) is 1. The van der Waals surface area contributed by atoms with Crippen molar-refractivity contribution in [3.05, 3.63) is 42.0 Å². The second kappa shape index (κ2) is 6.33. The maximum absolute atomic E-state index is 12.5. The van der Waals surface area contributed by atoms with Crippen molar-refractivity contribution in [3.63, 3.8) is 0 Å². The summed E-state index contributed by atoms with van der Waals surface area (Å²) in [4.78, 5) is 19.2. The first kappa shape index (κ1) is 16.0. The number of aromatic nitrogens is 1. The molecule has 0 saturated heterocycles. The standard InChI is InChI=1S/C18H21N5O/c1-23(2)9-8-21-18(24)13-5-3-4-12-16(20)14-10-11(19)6-7-15(14)22-17(12)13/h3-7,10H,8-9,19H2,1-2H3,(H2,20,22)(H,21,24). The number of amides is 1. The Labute approximate surface area is 140 Å². The van der Waals surface area contributed by atoms with E-state index in [4.69, 9.17) is 11.5 Å². The molecule has 1 amide bonds. The third kappa shape index (κ3) is 2.96. The van der Waals surface area contributed by atoms with E-state index in [1.165, 1.54) is 0 Å². The molecule has 2 aromatic carbocycles. The van der Waals surface area contributed by atoms with Crippen molar-refractivity contribution in [1.29, 1.82) is 0 Å². The van der Waals surface area contributed by atoms with Gasteiger partial charge in [0.2, 0.25) is 0 Å². The lowest BCUT2D eigenvalue weighted by Gasteiger charge is -2.13. The molecule has 24 heavy (non-hydrogen) atoms. The second-order valence-corrected chi connectivity index (χ2v) is 6.06. The van der Waals surface area contributed by atoms with Gasteiger partial charge in [0.15, 0.2) is 0 Å². The number of pyridine rings is 1. The Kier molecular flexibility index (Phi) is 4.22. The molecule has 124 valence electrons. The summed E-state index contributed by atoms with van der Waals surface area (Å²) in [5.41, 5.74) is 15.2. The third-order valence-corrected chi connectivity index (χ3v) is 3.96. The molecule has 3 aromatic rings. The van der Waals surface area contributed by atoms with Crippen molar-refractivity contribution < 1.29 is 4.79 Å². The lowest BCUT2D eigenvalue weighted by atomic mass is 10.0. The lowest BCUT2D eigenvalue weighted by Crippen LogP contribution is -2.31. The molecular weight excluding hydrogens is 302 g/mol. The predicted octanol–water partition coefficient (Wildman–Crippen LogP) is 1.84. The molecule has 0 aliphatic rings. The van der Waals surface area contributed by atoms with Gasteiger partial charge in [-0.1, -0.05) is 12.1 Å². The number of carbonyl (C=O) groups is 1. The summed E-state index contributed by atoms with van der Waals surface area (Å²) in [5, 5.41) is 4.47. The van der Waals surface area contributed by atoms with Gasteiger partial charge in [-0.3, -0.25) is 4.79 Å². The van der Waals surface area contributed by atoms with Gasteiger partial charge in [0.1, 0.15) is 0 Å². The van der Waals surface area contributed by atoms with Crippen LogP contribution in [-0.4, -0.2) is 43.0 Å². The smallest absolute Gasteiger partial charge is 0.253 e. The van der Waals surface area contributed by atoms with Gasteiger partial charge in [0.25, 0.3) is 5.91 Å². The molecule has 3 rings (SSSR count). The van der Waals surface area contributed by atoms with Gasteiger partial charge in [-0.15, -0.1) is 0 Å². The molecule has 0 radical (unpaired) electrons. The molecule has 1 aromatic heterocycles. The summed E-state index contributed by atoms with van der Waals surface area (Å²) < 4.78 is 0. The molecule has 0 aliphatic carbocycles. The zero-order valence-corrected chi connectivity index (χ0v) is 13.8. The Morgan fingerprint density at radius 2 is 1.96 bits per heavy atom. The topological polar surface area (TPSA) is 97.3 Å². The summed E-state index contributed by atoms with van der Waals surface area (Å²) in [5.74, 6) is -0.149. The molecule has 0 unspecified atom stereocenters. The van der Waals surface area contributed by atoms with Crippen LogP contribution >= 0.6 is 0 Å². The molecule has 0 spiro atoms. The first-order valence-electron chi connectivity index (χ1n) is 7.77. The number of benzene rings is 2. The highest BCUT2D eigenvalue weighted by atomic mass is 16.1. The van der Waals surface area contributed by atoms with Gasteiger partial charge in [0.05, 0.1) is 22.3 Å². The largest absolute Gasteiger partial charge is 0.399 e. The number of hydrogen-bond acceptors (Lipinski definition) is 5. The van der Waals surface area contributed by atoms with E-state index < -0.39 is 0 Å². The number of rotatable bonds is 4. The minimum atomic E-state index is -0.149. The van der Waals surface area contributed by atoms with E-state index in [1.807, 2.05) is 37.2 Å². The number of nitrogen functional groups attached to an aromatic ring is 2. The average Bonchev–Trinajstić information content (AvgIpc) is 2.55. The molecule has 0 atom stereocenters. The van der Waals surface area contributed by atoms with Crippen LogP contribution in [0.3, 0.4) is 0 Å². The number of hydrogen-bond donors (Lipinski definition) is 3. The minimum Gasteiger partial charge on any atom is -0.399 e. The molecule has 1 heterocycles. The zero-order chi connectivity index (χ0) is 17.3. The average molecular weight is 323 g/mol. The van der Waals surface area contributed by atoms with E-state index in [0.29, 0.717) is 29.0 Å². The minimum absolute atomic E-state index is 0.149. The first-order chi connectivity index (χ1) is 11.5. The van der Waals surface area contributed by atoms with Crippen molar-refractivity contribution in [2.75, 3.05) is 38.7 Å². The fourth-order valence-electron chi connectivity index (χ4n) is 2.69. The number of nitrogens with zero attached hydrogens (tertiary/aromatic N) is 2. The molecule has 0 fully saturated rings. The van der Waals surface area contributed by atoms with Gasteiger partial charge in [-0.2, -0.15) is 0 Å². The highest BCUT2D eigenvalue weighted by molar-refractivity contribution is 6.13. The summed E-state index contributed by atoms with van der Waals surface area (Å²) in [6.45, 7) is 1.34. The zero-order valence-electron chi connectivity index (χ0n) is 13.8. The van der Waals surface area contributed by atoms with E-state index in [2.05, 4.69) is 10.3 Å². The van der Waals surface area contributed by atoms with Crippen LogP contribution < -0.4 is 16.8 Å². The van der Waals surface area contributed by atoms with Gasteiger partial charge in [-0.25, -0.2) is 4.98 Å². The number of para-hydroxylation sites is 1. The highest BCUT2D eigenvalue weighted by Gasteiger charge is 2.14. The first-order valence-corrected chi connectivity index (χ1v) is 7.77. The maximum atomic E-state index is 12.5. The summed E-state index contributed by atoms with van der Waals surface area (Å²) in [6, 6.07) is 10.9. The Morgan fingerprint density at radius 1 is 1.17 bits per heavy atom. The quantitative estimate of drug-likeness (QED) is 0.503. The van der Waals surface area contributed by atoms with Crippen molar-refractivity contribution in [3.8, 4) is 0 Å². The number of nitrogens with two attached hydrogens (primary N) is 2. The van der Waals surface area contributed by atoms with Crippen molar-refractivity contribution in [2.24, 2.45) is 0 Å². The van der Waals surface area contributed by atoms with E-state index >= 15 is 0 Å². The second-order valence-electron chi connectivity index (χ2n) is 6.06. The Balaban J connectivity index is 2.08. The van der Waals surface area contributed by atoms with E-state index in [1.54, 1.807) is 18.2 Å². The van der Waals surface area contributed by atoms with Crippen LogP contribution in [0.4, 0.5) is 11.4 Å². The monoisotopic (exact) mass is 323 g/mol. The SMILES string of the molecule is CN(C)CCNC(=O)c1cccc2c(N)c3cc(N)ccc3nc12. The maximum Gasteiger partial charge on any atom is 0.253 e. The summed E-state index contributed by atoms with van der Waals surface area (Å²) in [6.07, 6.45) is 0. The van der Waals surface area contributed by atoms with Crippen molar-refractivity contribution in [2.45, 2.75) is 0 Å². The van der Waals surface area contributed by atoms with E-state index in [0.717, 1.165) is 22.8 Å². The number of anilines is 2. The fourth-order valence-corrected chi connectivity index (χ4v) is 2.69. The summed E-state index contributed by atoms with van der Waals surface area (Å²) >= 11 is 0. The third-order valence-electron chi connectivity index (χ3n) is 3.96. The van der Waals surface area contributed by atoms with Crippen LogP contribution in [0, 0.1) is 0 Å². The van der Waals surface area contributed by atoms with Crippen molar-refractivity contribution in [1.82, 2.24) is 15.2 Å². The molecule has 0 aliphatic heterocycles.